The predicted octanol–water partition coefficient (Wildman–Crippen LogP) is 3.51. The molecular weight excluding hydrogens is 266 g/mol. The van der Waals surface area contributed by atoms with Crippen molar-refractivity contribution in [1.29, 1.82) is 0 Å². The molecule has 0 radical (unpaired) electrons. The van der Waals surface area contributed by atoms with Crippen LogP contribution in [0.1, 0.15) is 16.1 Å². The molecule has 0 fully saturated rings. The first-order valence-electron chi connectivity index (χ1n) is 6.53. The molecule has 3 rings (SSSR count). The van der Waals surface area contributed by atoms with E-state index >= 15 is 0 Å². The highest BCUT2D eigenvalue weighted by atomic mass is 16.5. The van der Waals surface area contributed by atoms with Crippen LogP contribution in [0, 0.1) is 0 Å². The van der Waals surface area contributed by atoms with E-state index in [9.17, 15) is 4.79 Å². The van der Waals surface area contributed by atoms with Gasteiger partial charge in [0.1, 0.15) is 18.1 Å². The molecule has 1 aromatic heterocycles. The molecule has 3 aromatic rings. The van der Waals surface area contributed by atoms with E-state index in [1.807, 2.05) is 42.5 Å². The molecule has 1 N–H and O–H groups in total. The van der Waals surface area contributed by atoms with Gasteiger partial charge in [-0.25, -0.2) is 9.78 Å². The molecule has 0 aliphatic rings. The largest absolute Gasteiger partial charge is 0.489 e. The molecule has 21 heavy (non-hydrogen) atoms. The summed E-state index contributed by atoms with van der Waals surface area (Å²) < 4.78 is 5.71. The Morgan fingerprint density at radius 1 is 1.05 bits per heavy atom. The van der Waals surface area contributed by atoms with Crippen molar-refractivity contribution in [2.75, 3.05) is 0 Å². The summed E-state index contributed by atoms with van der Waals surface area (Å²) in [7, 11) is 0. The first-order chi connectivity index (χ1) is 10.2. The molecule has 0 unspecified atom stereocenters. The molecule has 0 amide bonds. The number of carboxylic acid groups (broad SMARTS) is 1. The Bertz CT molecular complexity index is 784. The SMILES string of the molecule is O=C(O)c1ccc2ccc(OCc3ccccc3)cc2n1. The second-order valence-corrected chi connectivity index (χ2v) is 4.63. The maximum atomic E-state index is 10.9. The summed E-state index contributed by atoms with van der Waals surface area (Å²) in [5.74, 6) is -0.367. The molecule has 0 spiro atoms. The fraction of sp³-hybridized carbons (Fsp3) is 0.0588. The molecule has 0 aliphatic carbocycles. The molecular formula is C17H13NO3. The summed E-state index contributed by atoms with van der Waals surface area (Å²) in [5.41, 5.74) is 1.72. The van der Waals surface area contributed by atoms with Gasteiger partial charge in [0, 0.05) is 11.5 Å². The number of carbonyl (C=O) groups is 1. The van der Waals surface area contributed by atoms with Gasteiger partial charge in [-0.05, 0) is 23.8 Å². The quantitative estimate of drug-likeness (QED) is 0.794. The minimum absolute atomic E-state index is 0.0303. The molecule has 0 bridgehead atoms. The number of aromatic carboxylic acids is 1. The van der Waals surface area contributed by atoms with Crippen molar-refractivity contribution in [3.8, 4) is 5.75 Å². The Hall–Kier alpha value is -2.88. The summed E-state index contributed by atoms with van der Waals surface area (Å²) in [6, 6.07) is 18.6. The van der Waals surface area contributed by atoms with Crippen molar-refractivity contribution in [2.24, 2.45) is 0 Å². The highest BCUT2D eigenvalue weighted by Crippen LogP contribution is 2.20. The lowest BCUT2D eigenvalue weighted by Gasteiger charge is -2.07. The van der Waals surface area contributed by atoms with Gasteiger partial charge in [0.05, 0.1) is 5.52 Å². The highest BCUT2D eigenvalue weighted by molar-refractivity contribution is 5.90. The van der Waals surface area contributed by atoms with Gasteiger partial charge in [0.25, 0.3) is 0 Å². The average Bonchev–Trinajstić information content (AvgIpc) is 2.53. The van der Waals surface area contributed by atoms with Crippen LogP contribution in [-0.2, 0) is 6.61 Å². The first-order valence-corrected chi connectivity index (χ1v) is 6.53. The van der Waals surface area contributed by atoms with Crippen LogP contribution >= 0.6 is 0 Å². The molecule has 0 aliphatic heterocycles. The molecule has 1 heterocycles. The van der Waals surface area contributed by atoms with E-state index in [2.05, 4.69) is 4.98 Å². The van der Waals surface area contributed by atoms with Gasteiger partial charge in [-0.3, -0.25) is 0 Å². The normalized spacial score (nSPS) is 10.5. The van der Waals surface area contributed by atoms with Crippen molar-refractivity contribution in [3.05, 3.63) is 71.9 Å². The number of benzene rings is 2. The Kier molecular flexibility index (Phi) is 3.51. The molecule has 0 saturated carbocycles. The average molecular weight is 279 g/mol. The molecule has 4 heteroatoms. The van der Waals surface area contributed by atoms with Gasteiger partial charge >= 0.3 is 5.97 Å². The standard InChI is InChI=1S/C17H13NO3/c19-17(20)15-9-7-13-6-8-14(10-16(13)18-15)21-11-12-4-2-1-3-5-12/h1-10H,11H2,(H,19,20). The second kappa shape index (κ2) is 5.63. The van der Waals surface area contributed by atoms with E-state index in [1.165, 1.54) is 6.07 Å². The fourth-order valence-electron chi connectivity index (χ4n) is 2.05. The van der Waals surface area contributed by atoms with E-state index in [1.54, 1.807) is 12.1 Å². The topological polar surface area (TPSA) is 59.4 Å². The van der Waals surface area contributed by atoms with Gasteiger partial charge in [-0.15, -0.1) is 0 Å². The second-order valence-electron chi connectivity index (χ2n) is 4.63. The smallest absolute Gasteiger partial charge is 0.354 e. The lowest BCUT2D eigenvalue weighted by molar-refractivity contribution is 0.0691. The fourth-order valence-corrected chi connectivity index (χ4v) is 2.05. The number of hydrogen-bond donors (Lipinski definition) is 1. The van der Waals surface area contributed by atoms with E-state index in [0.717, 1.165) is 10.9 Å². The van der Waals surface area contributed by atoms with Crippen LogP contribution in [0.15, 0.2) is 60.7 Å². The third kappa shape index (κ3) is 3.00. The predicted molar refractivity (Wildman–Crippen MR) is 79.5 cm³/mol. The Morgan fingerprint density at radius 2 is 1.81 bits per heavy atom. The molecule has 4 nitrogen and oxygen atoms in total. The van der Waals surface area contributed by atoms with E-state index < -0.39 is 5.97 Å². The number of pyridine rings is 1. The number of ether oxygens (including phenoxy) is 1. The first kappa shape index (κ1) is 13.1. The monoisotopic (exact) mass is 279 g/mol. The van der Waals surface area contributed by atoms with Crippen LogP contribution in [0.5, 0.6) is 5.75 Å². The lowest BCUT2D eigenvalue weighted by atomic mass is 10.2. The van der Waals surface area contributed by atoms with Crippen LogP contribution in [-0.4, -0.2) is 16.1 Å². The third-order valence-corrected chi connectivity index (χ3v) is 3.13. The minimum Gasteiger partial charge on any atom is -0.489 e. The maximum absolute atomic E-state index is 10.9. The number of nitrogens with zero attached hydrogens (tertiary/aromatic N) is 1. The zero-order chi connectivity index (χ0) is 14.7. The van der Waals surface area contributed by atoms with Crippen molar-refractivity contribution >= 4 is 16.9 Å². The summed E-state index contributed by atoms with van der Waals surface area (Å²) in [6.45, 7) is 0.463. The molecule has 2 aromatic carbocycles. The van der Waals surface area contributed by atoms with E-state index in [-0.39, 0.29) is 5.69 Å². The Labute approximate surface area is 121 Å². The minimum atomic E-state index is -1.03. The van der Waals surface area contributed by atoms with Crippen molar-refractivity contribution in [1.82, 2.24) is 4.98 Å². The number of aromatic nitrogens is 1. The van der Waals surface area contributed by atoms with Crippen LogP contribution in [0.2, 0.25) is 0 Å². The third-order valence-electron chi connectivity index (χ3n) is 3.13. The summed E-state index contributed by atoms with van der Waals surface area (Å²) >= 11 is 0. The van der Waals surface area contributed by atoms with E-state index in [4.69, 9.17) is 9.84 Å². The van der Waals surface area contributed by atoms with E-state index in [0.29, 0.717) is 17.9 Å². The zero-order valence-corrected chi connectivity index (χ0v) is 11.2. The van der Waals surface area contributed by atoms with Crippen LogP contribution in [0.4, 0.5) is 0 Å². The summed E-state index contributed by atoms with van der Waals surface area (Å²) in [4.78, 5) is 15.1. The van der Waals surface area contributed by atoms with Crippen LogP contribution in [0.3, 0.4) is 0 Å². The van der Waals surface area contributed by atoms with Crippen molar-refractivity contribution in [3.63, 3.8) is 0 Å². The van der Waals surface area contributed by atoms with Gasteiger partial charge in [0.2, 0.25) is 0 Å². The molecule has 0 saturated heterocycles. The van der Waals surface area contributed by atoms with Crippen LogP contribution in [0.25, 0.3) is 10.9 Å². The number of fused-ring (bicyclic) bond motifs is 1. The van der Waals surface area contributed by atoms with Gasteiger partial charge < -0.3 is 9.84 Å². The summed E-state index contributed by atoms with van der Waals surface area (Å²) in [6.07, 6.45) is 0. The lowest BCUT2D eigenvalue weighted by Crippen LogP contribution is -2.00. The van der Waals surface area contributed by atoms with Crippen molar-refractivity contribution in [2.45, 2.75) is 6.61 Å². The molecule has 0 atom stereocenters. The summed E-state index contributed by atoms with van der Waals surface area (Å²) in [5, 5.41) is 9.85. The highest BCUT2D eigenvalue weighted by Gasteiger charge is 2.06. The van der Waals surface area contributed by atoms with Gasteiger partial charge in [0.15, 0.2) is 0 Å². The zero-order valence-electron chi connectivity index (χ0n) is 11.2. The van der Waals surface area contributed by atoms with Crippen molar-refractivity contribution < 1.29 is 14.6 Å². The number of hydrogen-bond acceptors (Lipinski definition) is 3. The van der Waals surface area contributed by atoms with Gasteiger partial charge in [-0.1, -0.05) is 36.4 Å². The maximum Gasteiger partial charge on any atom is 0.354 e. The number of rotatable bonds is 4. The van der Waals surface area contributed by atoms with Crippen LogP contribution < -0.4 is 4.74 Å². The van der Waals surface area contributed by atoms with Gasteiger partial charge in [-0.2, -0.15) is 0 Å². The molecule has 104 valence electrons. The Balaban J connectivity index is 1.84. The number of carboxylic acids is 1. The Morgan fingerprint density at radius 3 is 2.57 bits per heavy atom.